The first-order valence-electron chi connectivity index (χ1n) is 5.80. The normalized spacial score (nSPS) is 15.7. The van der Waals surface area contributed by atoms with Crippen molar-refractivity contribution in [1.29, 1.82) is 0 Å². The third-order valence-electron chi connectivity index (χ3n) is 2.75. The average molecular weight is 233 g/mol. The number of rotatable bonds is 3. The van der Waals surface area contributed by atoms with E-state index in [1.54, 1.807) is 4.68 Å². The van der Waals surface area contributed by atoms with Gasteiger partial charge in [0.1, 0.15) is 0 Å². The molecule has 0 aromatic carbocycles. The Bertz CT molecular complexity index is 555. The van der Waals surface area contributed by atoms with Crippen LogP contribution in [0.5, 0.6) is 0 Å². The minimum atomic E-state index is 0.197. The molecule has 2 aromatic heterocycles. The number of aromatic nitrogens is 5. The van der Waals surface area contributed by atoms with E-state index in [0.29, 0.717) is 23.0 Å². The van der Waals surface area contributed by atoms with E-state index in [9.17, 15) is 0 Å². The molecule has 7 heteroatoms. The Hall–Kier alpha value is -1.92. The molecule has 0 spiro atoms. The fourth-order valence-electron chi connectivity index (χ4n) is 1.72. The van der Waals surface area contributed by atoms with E-state index in [1.807, 2.05) is 13.8 Å². The molecule has 2 heterocycles. The van der Waals surface area contributed by atoms with E-state index < -0.39 is 0 Å². The molecule has 0 radical (unpaired) electrons. The van der Waals surface area contributed by atoms with E-state index in [1.165, 1.54) is 12.8 Å². The summed E-state index contributed by atoms with van der Waals surface area (Å²) in [6, 6.07) is 0.694. The molecule has 2 aromatic rings. The predicted octanol–water partition coefficient (Wildman–Crippen LogP) is 0.959. The van der Waals surface area contributed by atoms with Gasteiger partial charge in [0.15, 0.2) is 17.0 Å². The van der Waals surface area contributed by atoms with Gasteiger partial charge >= 0.3 is 0 Å². The SMILES string of the molecule is CC(C)n1nnc2c(NC3CC3)nc(N)nc21. The Labute approximate surface area is 98.4 Å². The topological polar surface area (TPSA) is 94.5 Å². The molecule has 0 aliphatic heterocycles. The van der Waals surface area contributed by atoms with Crippen LogP contribution < -0.4 is 11.1 Å². The van der Waals surface area contributed by atoms with Gasteiger partial charge in [0.25, 0.3) is 0 Å². The van der Waals surface area contributed by atoms with Gasteiger partial charge in [-0.2, -0.15) is 9.97 Å². The second-order valence-corrected chi connectivity index (χ2v) is 4.65. The van der Waals surface area contributed by atoms with Gasteiger partial charge in [0.2, 0.25) is 5.95 Å². The summed E-state index contributed by atoms with van der Waals surface area (Å²) in [5.74, 6) is 0.951. The lowest BCUT2D eigenvalue weighted by Gasteiger charge is -2.07. The van der Waals surface area contributed by atoms with Crippen molar-refractivity contribution in [1.82, 2.24) is 25.0 Å². The van der Waals surface area contributed by atoms with Crippen LogP contribution in [-0.4, -0.2) is 31.0 Å². The van der Waals surface area contributed by atoms with Crippen LogP contribution in [0.4, 0.5) is 11.8 Å². The summed E-state index contributed by atoms with van der Waals surface area (Å²) in [5.41, 5.74) is 7.10. The third kappa shape index (κ3) is 1.77. The van der Waals surface area contributed by atoms with Crippen molar-refractivity contribution in [3.05, 3.63) is 0 Å². The van der Waals surface area contributed by atoms with Crippen molar-refractivity contribution in [2.45, 2.75) is 38.8 Å². The quantitative estimate of drug-likeness (QED) is 0.819. The molecule has 0 bridgehead atoms. The van der Waals surface area contributed by atoms with Gasteiger partial charge in [0.05, 0.1) is 6.04 Å². The summed E-state index contributed by atoms with van der Waals surface area (Å²) in [7, 11) is 0. The lowest BCUT2D eigenvalue weighted by Crippen LogP contribution is -2.08. The van der Waals surface area contributed by atoms with Crippen molar-refractivity contribution < 1.29 is 0 Å². The van der Waals surface area contributed by atoms with Crippen molar-refractivity contribution >= 4 is 22.9 Å². The van der Waals surface area contributed by atoms with Gasteiger partial charge in [-0.25, -0.2) is 4.68 Å². The van der Waals surface area contributed by atoms with Gasteiger partial charge in [0, 0.05) is 6.04 Å². The largest absolute Gasteiger partial charge is 0.368 e. The molecule has 17 heavy (non-hydrogen) atoms. The highest BCUT2D eigenvalue weighted by atomic mass is 15.5. The van der Waals surface area contributed by atoms with Crippen LogP contribution in [0, 0.1) is 0 Å². The summed E-state index contributed by atoms with van der Waals surface area (Å²) in [6.45, 7) is 4.06. The van der Waals surface area contributed by atoms with E-state index in [0.717, 1.165) is 0 Å². The van der Waals surface area contributed by atoms with Crippen LogP contribution in [-0.2, 0) is 0 Å². The maximum absolute atomic E-state index is 5.72. The van der Waals surface area contributed by atoms with E-state index in [-0.39, 0.29) is 12.0 Å². The lowest BCUT2D eigenvalue weighted by atomic mass is 10.4. The van der Waals surface area contributed by atoms with Crippen LogP contribution in [0.15, 0.2) is 0 Å². The van der Waals surface area contributed by atoms with Crippen molar-refractivity contribution in [2.24, 2.45) is 0 Å². The number of hydrogen-bond donors (Lipinski definition) is 2. The Kier molecular flexibility index (Phi) is 2.13. The summed E-state index contributed by atoms with van der Waals surface area (Å²) < 4.78 is 1.76. The fourth-order valence-corrected chi connectivity index (χ4v) is 1.72. The molecule has 0 saturated heterocycles. The number of nitrogens with zero attached hydrogens (tertiary/aromatic N) is 5. The minimum absolute atomic E-state index is 0.197. The van der Waals surface area contributed by atoms with Gasteiger partial charge in [-0.3, -0.25) is 0 Å². The first-order valence-corrected chi connectivity index (χ1v) is 5.80. The first kappa shape index (κ1) is 10.2. The van der Waals surface area contributed by atoms with Crippen LogP contribution in [0.1, 0.15) is 32.7 Å². The maximum atomic E-state index is 5.72. The van der Waals surface area contributed by atoms with Crippen molar-refractivity contribution in [2.75, 3.05) is 11.1 Å². The Morgan fingerprint density at radius 3 is 2.76 bits per heavy atom. The molecule has 90 valence electrons. The minimum Gasteiger partial charge on any atom is -0.368 e. The Morgan fingerprint density at radius 2 is 2.12 bits per heavy atom. The number of anilines is 2. The molecule has 7 nitrogen and oxygen atoms in total. The molecule has 3 rings (SSSR count). The van der Waals surface area contributed by atoms with E-state index >= 15 is 0 Å². The van der Waals surface area contributed by atoms with Crippen molar-refractivity contribution in [3.8, 4) is 0 Å². The smallest absolute Gasteiger partial charge is 0.224 e. The summed E-state index contributed by atoms with van der Waals surface area (Å²) in [4.78, 5) is 8.40. The number of fused-ring (bicyclic) bond motifs is 1. The van der Waals surface area contributed by atoms with E-state index in [4.69, 9.17) is 5.73 Å². The molecule has 3 N–H and O–H groups in total. The second-order valence-electron chi connectivity index (χ2n) is 4.65. The number of hydrogen-bond acceptors (Lipinski definition) is 6. The average Bonchev–Trinajstić information content (AvgIpc) is 2.94. The fraction of sp³-hybridized carbons (Fsp3) is 0.600. The first-order chi connectivity index (χ1) is 8.15. The lowest BCUT2D eigenvalue weighted by molar-refractivity contribution is 0.526. The number of nitrogen functional groups attached to an aromatic ring is 1. The molecule has 1 aliphatic rings. The monoisotopic (exact) mass is 233 g/mol. The second kappa shape index (κ2) is 3.54. The van der Waals surface area contributed by atoms with Gasteiger partial charge in [-0.1, -0.05) is 5.21 Å². The highest BCUT2D eigenvalue weighted by Crippen LogP contribution is 2.27. The molecule has 0 atom stereocenters. The van der Waals surface area contributed by atoms with Crippen LogP contribution in [0.2, 0.25) is 0 Å². The molecule has 1 fully saturated rings. The molecular formula is C10H15N7. The number of nitrogens with two attached hydrogens (primary N) is 1. The maximum Gasteiger partial charge on any atom is 0.224 e. The molecule has 1 saturated carbocycles. The van der Waals surface area contributed by atoms with E-state index in [2.05, 4.69) is 25.6 Å². The highest BCUT2D eigenvalue weighted by Gasteiger charge is 2.24. The van der Waals surface area contributed by atoms with Crippen molar-refractivity contribution in [3.63, 3.8) is 0 Å². The predicted molar refractivity (Wildman–Crippen MR) is 64.6 cm³/mol. The molecule has 0 amide bonds. The summed E-state index contributed by atoms with van der Waals surface area (Å²) >= 11 is 0. The van der Waals surface area contributed by atoms with Gasteiger partial charge < -0.3 is 11.1 Å². The van der Waals surface area contributed by atoms with Crippen LogP contribution in [0.3, 0.4) is 0 Å². The standard InChI is InChI=1S/C10H15N7/c1-5(2)17-9-7(15-16-17)8(12-6-3-4-6)13-10(11)14-9/h5-6H,3-4H2,1-2H3,(H3,11,12,13,14). The van der Waals surface area contributed by atoms with Gasteiger partial charge in [-0.15, -0.1) is 5.10 Å². The van der Waals surface area contributed by atoms with Crippen LogP contribution >= 0.6 is 0 Å². The van der Waals surface area contributed by atoms with Gasteiger partial charge in [-0.05, 0) is 26.7 Å². The van der Waals surface area contributed by atoms with Crippen LogP contribution in [0.25, 0.3) is 11.2 Å². The zero-order valence-electron chi connectivity index (χ0n) is 9.88. The molecule has 1 aliphatic carbocycles. The third-order valence-corrected chi connectivity index (χ3v) is 2.75. The molecule has 0 unspecified atom stereocenters. The Balaban J connectivity index is 2.14. The summed E-state index contributed by atoms with van der Waals surface area (Å²) in [6.07, 6.45) is 2.34. The highest BCUT2D eigenvalue weighted by molar-refractivity contribution is 5.83. The number of nitrogens with one attached hydrogen (secondary N) is 1. The molecular weight excluding hydrogens is 218 g/mol. The zero-order valence-corrected chi connectivity index (χ0v) is 9.88. The Morgan fingerprint density at radius 1 is 1.35 bits per heavy atom. The zero-order chi connectivity index (χ0) is 12.0. The summed E-state index contributed by atoms with van der Waals surface area (Å²) in [5, 5.41) is 11.5.